The minimum Gasteiger partial charge on any atom is -0.274 e. The molecule has 1 unspecified atom stereocenters. The van der Waals surface area contributed by atoms with E-state index in [-0.39, 0.29) is 29.7 Å². The number of hydrogen-bond donors (Lipinski definition) is 1. The van der Waals surface area contributed by atoms with Gasteiger partial charge in [0, 0.05) is 24.1 Å². The van der Waals surface area contributed by atoms with Gasteiger partial charge in [-0.1, -0.05) is 37.3 Å². The number of nitrogens with zero attached hydrogens (tertiary/aromatic N) is 2. The number of carbonyl (C=O) groups excluding carboxylic acids is 2. The molecule has 2 amide bonds. The van der Waals surface area contributed by atoms with Crippen molar-refractivity contribution < 1.29 is 9.59 Å². The summed E-state index contributed by atoms with van der Waals surface area (Å²) in [6.07, 6.45) is 0.728. The number of carbonyl (C=O) groups is 2. The number of aromatic nitrogens is 2. The summed E-state index contributed by atoms with van der Waals surface area (Å²) in [5.74, 6) is -0.622. The van der Waals surface area contributed by atoms with Crippen molar-refractivity contribution in [1.82, 2.24) is 10.2 Å². The van der Waals surface area contributed by atoms with Crippen LogP contribution in [0.1, 0.15) is 24.6 Å². The molecule has 1 aliphatic rings. The van der Waals surface area contributed by atoms with Gasteiger partial charge in [0.25, 0.3) is 5.56 Å². The van der Waals surface area contributed by atoms with Gasteiger partial charge in [0.1, 0.15) is 0 Å². The first-order valence-electron chi connectivity index (χ1n) is 8.46. The minimum absolute atomic E-state index is 0.167. The molecule has 1 N–H and O–H groups in total. The monoisotopic (exact) mass is 347 g/mol. The van der Waals surface area contributed by atoms with Crippen LogP contribution in [0.15, 0.2) is 53.3 Å². The molecular formula is C20H17N3O3. The van der Waals surface area contributed by atoms with Crippen LogP contribution in [0.25, 0.3) is 10.8 Å². The van der Waals surface area contributed by atoms with Gasteiger partial charge in [0.15, 0.2) is 0 Å². The summed E-state index contributed by atoms with van der Waals surface area (Å²) in [6, 6.07) is 14.6. The Balaban J connectivity index is 1.71. The van der Waals surface area contributed by atoms with E-state index in [1.165, 1.54) is 4.90 Å². The summed E-state index contributed by atoms with van der Waals surface area (Å²) < 4.78 is 0. The third-order valence-electron chi connectivity index (χ3n) is 4.69. The lowest BCUT2D eigenvalue weighted by Crippen LogP contribution is -2.30. The van der Waals surface area contributed by atoms with E-state index >= 15 is 0 Å². The van der Waals surface area contributed by atoms with Gasteiger partial charge in [-0.3, -0.25) is 19.3 Å². The number of amides is 2. The third-order valence-corrected chi connectivity index (χ3v) is 4.69. The Morgan fingerprint density at radius 2 is 1.85 bits per heavy atom. The van der Waals surface area contributed by atoms with Gasteiger partial charge in [-0.15, -0.1) is 0 Å². The van der Waals surface area contributed by atoms with Crippen molar-refractivity contribution in [1.29, 1.82) is 0 Å². The smallest absolute Gasteiger partial charge is 0.272 e. The summed E-state index contributed by atoms with van der Waals surface area (Å²) in [5.41, 5.74) is 2.01. The molecule has 1 aromatic heterocycles. The number of hydrogen-bond acceptors (Lipinski definition) is 4. The molecule has 6 heteroatoms. The third kappa shape index (κ3) is 2.69. The lowest BCUT2D eigenvalue weighted by molar-refractivity contribution is -0.122. The van der Waals surface area contributed by atoms with E-state index in [0.717, 1.165) is 16.6 Å². The quantitative estimate of drug-likeness (QED) is 0.738. The van der Waals surface area contributed by atoms with Gasteiger partial charge in [-0.2, -0.15) is 5.10 Å². The lowest BCUT2D eigenvalue weighted by Gasteiger charge is -2.15. The maximum absolute atomic E-state index is 12.3. The Kier molecular flexibility index (Phi) is 3.88. The van der Waals surface area contributed by atoms with Crippen LogP contribution in [0, 0.1) is 5.92 Å². The van der Waals surface area contributed by atoms with Crippen molar-refractivity contribution in [3.05, 3.63) is 70.1 Å². The average Bonchev–Trinajstić information content (AvgIpc) is 2.90. The van der Waals surface area contributed by atoms with Crippen molar-refractivity contribution in [2.45, 2.75) is 19.8 Å². The molecule has 0 bridgehead atoms. The van der Waals surface area contributed by atoms with Crippen LogP contribution >= 0.6 is 0 Å². The first kappa shape index (κ1) is 16.2. The predicted octanol–water partition coefficient (Wildman–Crippen LogP) is 2.41. The number of imide groups is 1. The van der Waals surface area contributed by atoms with E-state index in [1.54, 1.807) is 19.1 Å². The molecule has 0 spiro atoms. The average molecular weight is 347 g/mol. The highest BCUT2D eigenvalue weighted by Crippen LogP contribution is 2.27. The van der Waals surface area contributed by atoms with Gasteiger partial charge >= 0.3 is 0 Å². The van der Waals surface area contributed by atoms with Crippen molar-refractivity contribution in [2.24, 2.45) is 5.92 Å². The molecule has 1 aliphatic heterocycles. The summed E-state index contributed by atoms with van der Waals surface area (Å²) in [4.78, 5) is 37.6. The second-order valence-corrected chi connectivity index (χ2v) is 6.56. The number of H-pyrrole nitrogens is 1. The molecule has 1 saturated heterocycles. The van der Waals surface area contributed by atoms with E-state index in [9.17, 15) is 14.4 Å². The standard InChI is InChI=1S/C20H17N3O3/c1-12-9-18(24)23(20(12)26)14-6-4-5-13(10-14)11-17-15-7-2-3-8-16(15)19(25)22-21-17/h2-8,10,12H,9,11H2,1H3,(H,22,25). The maximum Gasteiger partial charge on any atom is 0.272 e. The van der Waals surface area contributed by atoms with E-state index in [4.69, 9.17) is 0 Å². The Hall–Kier alpha value is -3.28. The summed E-state index contributed by atoms with van der Waals surface area (Å²) in [7, 11) is 0. The topological polar surface area (TPSA) is 83.1 Å². The first-order chi connectivity index (χ1) is 12.5. The Bertz CT molecular complexity index is 1090. The number of fused-ring (bicyclic) bond motifs is 1. The van der Waals surface area contributed by atoms with Crippen molar-refractivity contribution in [2.75, 3.05) is 4.90 Å². The molecule has 0 aliphatic carbocycles. The van der Waals surface area contributed by atoms with E-state index < -0.39 is 0 Å². The minimum atomic E-state index is -0.282. The molecule has 2 heterocycles. The Morgan fingerprint density at radius 1 is 1.08 bits per heavy atom. The molecule has 26 heavy (non-hydrogen) atoms. The van der Waals surface area contributed by atoms with E-state index in [2.05, 4.69) is 10.2 Å². The summed E-state index contributed by atoms with van der Waals surface area (Å²) >= 11 is 0. The highest BCUT2D eigenvalue weighted by molar-refractivity contribution is 6.20. The van der Waals surface area contributed by atoms with Crippen LogP contribution in [0.2, 0.25) is 0 Å². The normalized spacial score (nSPS) is 17.3. The maximum atomic E-state index is 12.3. The zero-order chi connectivity index (χ0) is 18.3. The largest absolute Gasteiger partial charge is 0.274 e. The molecule has 1 atom stereocenters. The van der Waals surface area contributed by atoms with Crippen LogP contribution < -0.4 is 10.5 Å². The summed E-state index contributed by atoms with van der Waals surface area (Å²) in [6.45, 7) is 1.76. The van der Waals surface area contributed by atoms with Gasteiger partial charge in [0.2, 0.25) is 11.8 Å². The van der Waals surface area contributed by atoms with E-state index in [1.807, 2.05) is 36.4 Å². The zero-order valence-corrected chi connectivity index (χ0v) is 14.2. The molecule has 0 saturated carbocycles. The molecule has 6 nitrogen and oxygen atoms in total. The van der Waals surface area contributed by atoms with Gasteiger partial charge in [-0.05, 0) is 23.8 Å². The van der Waals surface area contributed by atoms with Gasteiger partial charge in [0.05, 0.1) is 16.8 Å². The number of aromatic amines is 1. The molecule has 130 valence electrons. The van der Waals surface area contributed by atoms with E-state index in [0.29, 0.717) is 17.5 Å². The fraction of sp³-hybridized carbons (Fsp3) is 0.200. The molecular weight excluding hydrogens is 330 g/mol. The van der Waals surface area contributed by atoms with Gasteiger partial charge < -0.3 is 0 Å². The molecule has 2 aromatic carbocycles. The number of benzene rings is 2. The Labute approximate surface area is 149 Å². The number of anilines is 1. The summed E-state index contributed by atoms with van der Waals surface area (Å²) in [5, 5.41) is 8.10. The second-order valence-electron chi connectivity index (χ2n) is 6.56. The fourth-order valence-corrected chi connectivity index (χ4v) is 3.36. The van der Waals surface area contributed by atoms with Crippen LogP contribution in [0.4, 0.5) is 5.69 Å². The van der Waals surface area contributed by atoms with Crippen LogP contribution in [-0.2, 0) is 16.0 Å². The SMILES string of the molecule is CC1CC(=O)N(c2cccc(Cc3n[nH]c(=O)c4ccccc34)c2)C1=O. The number of rotatable bonds is 3. The van der Waals surface area contributed by atoms with Gasteiger partial charge in [-0.25, -0.2) is 5.10 Å². The van der Waals surface area contributed by atoms with Crippen molar-refractivity contribution in [3.8, 4) is 0 Å². The fourth-order valence-electron chi connectivity index (χ4n) is 3.36. The lowest BCUT2D eigenvalue weighted by atomic mass is 10.0. The molecule has 1 fully saturated rings. The second kappa shape index (κ2) is 6.22. The first-order valence-corrected chi connectivity index (χ1v) is 8.46. The Morgan fingerprint density at radius 3 is 2.58 bits per heavy atom. The molecule has 0 radical (unpaired) electrons. The highest BCUT2D eigenvalue weighted by Gasteiger charge is 2.36. The predicted molar refractivity (Wildman–Crippen MR) is 97.9 cm³/mol. The molecule has 4 rings (SSSR count). The van der Waals surface area contributed by atoms with Crippen molar-refractivity contribution in [3.63, 3.8) is 0 Å². The van der Waals surface area contributed by atoms with Crippen LogP contribution in [-0.4, -0.2) is 22.0 Å². The van der Waals surface area contributed by atoms with Crippen molar-refractivity contribution >= 4 is 28.3 Å². The number of nitrogens with one attached hydrogen (secondary N) is 1. The van der Waals surface area contributed by atoms with Crippen LogP contribution in [0.5, 0.6) is 0 Å². The van der Waals surface area contributed by atoms with Crippen LogP contribution in [0.3, 0.4) is 0 Å². The zero-order valence-electron chi connectivity index (χ0n) is 14.2. The highest BCUT2D eigenvalue weighted by atomic mass is 16.2. The molecule has 3 aromatic rings.